The van der Waals surface area contributed by atoms with Gasteiger partial charge in [0.1, 0.15) is 0 Å². The van der Waals surface area contributed by atoms with Crippen LogP contribution in [0.3, 0.4) is 0 Å². The molecule has 1 nitrogen and oxygen atoms in total. The summed E-state index contributed by atoms with van der Waals surface area (Å²) in [5, 5.41) is 0. The van der Waals surface area contributed by atoms with Crippen LogP contribution in [0.2, 0.25) is 0 Å². The van der Waals surface area contributed by atoms with Crippen molar-refractivity contribution in [3.63, 3.8) is 0 Å². The van der Waals surface area contributed by atoms with Crippen molar-refractivity contribution in [2.45, 2.75) is 71.1 Å². The first kappa shape index (κ1) is 17.8. The number of rotatable bonds is 7. The molecule has 0 aliphatic heterocycles. The predicted octanol–water partition coefficient (Wildman–Crippen LogP) is 6.16. The van der Waals surface area contributed by atoms with E-state index in [1.165, 1.54) is 64.2 Å². The summed E-state index contributed by atoms with van der Waals surface area (Å²) in [6, 6.07) is 0. The lowest BCUT2D eigenvalue weighted by atomic mass is 9.69. The van der Waals surface area contributed by atoms with E-state index in [0.29, 0.717) is 0 Å². The monoisotopic (exact) mass is 304 g/mol. The van der Waals surface area contributed by atoms with Crippen LogP contribution in [0.1, 0.15) is 71.1 Å². The highest BCUT2D eigenvalue weighted by molar-refractivity contribution is 4.94. The molecule has 0 bridgehead atoms. The summed E-state index contributed by atoms with van der Waals surface area (Å²) < 4.78 is 5.10. The predicted molar refractivity (Wildman–Crippen MR) is 96.0 cm³/mol. The molecule has 0 N–H and O–H groups in total. The van der Waals surface area contributed by atoms with Crippen molar-refractivity contribution < 1.29 is 4.74 Å². The highest BCUT2D eigenvalue weighted by atomic mass is 16.5. The first-order chi connectivity index (χ1) is 10.8. The van der Waals surface area contributed by atoms with Crippen LogP contribution in [0.25, 0.3) is 0 Å². The van der Waals surface area contributed by atoms with Gasteiger partial charge in [-0.3, -0.25) is 0 Å². The average molecular weight is 305 g/mol. The van der Waals surface area contributed by atoms with E-state index >= 15 is 0 Å². The van der Waals surface area contributed by atoms with Gasteiger partial charge in [-0.2, -0.15) is 0 Å². The van der Waals surface area contributed by atoms with Crippen molar-refractivity contribution in [3.8, 4) is 0 Å². The highest BCUT2D eigenvalue weighted by Gasteiger charge is 2.29. The molecule has 2 fully saturated rings. The van der Waals surface area contributed by atoms with Crippen LogP contribution < -0.4 is 0 Å². The maximum absolute atomic E-state index is 5.10. The van der Waals surface area contributed by atoms with Crippen molar-refractivity contribution in [1.82, 2.24) is 0 Å². The zero-order chi connectivity index (χ0) is 15.6. The molecule has 0 aromatic rings. The molecule has 0 aromatic carbocycles. The fourth-order valence-corrected chi connectivity index (χ4v) is 4.42. The van der Waals surface area contributed by atoms with Crippen LogP contribution in [-0.2, 0) is 4.74 Å². The maximum atomic E-state index is 5.10. The summed E-state index contributed by atoms with van der Waals surface area (Å²) in [4.78, 5) is 0. The topological polar surface area (TPSA) is 9.23 Å². The van der Waals surface area contributed by atoms with Crippen molar-refractivity contribution in [2.24, 2.45) is 23.7 Å². The van der Waals surface area contributed by atoms with Crippen molar-refractivity contribution in [3.05, 3.63) is 24.3 Å². The van der Waals surface area contributed by atoms with Gasteiger partial charge in [0.05, 0.1) is 6.61 Å². The third-order valence-electron chi connectivity index (χ3n) is 5.83. The number of unbranched alkanes of at least 4 members (excludes halogenated alkanes) is 1. The molecule has 2 saturated carbocycles. The molecule has 0 atom stereocenters. The molecular weight excluding hydrogens is 268 g/mol. The summed E-state index contributed by atoms with van der Waals surface area (Å²) in [5.74, 6) is 3.75. The summed E-state index contributed by atoms with van der Waals surface area (Å²) in [5.41, 5.74) is 0. The van der Waals surface area contributed by atoms with Gasteiger partial charge in [0.15, 0.2) is 0 Å². The van der Waals surface area contributed by atoms with Crippen LogP contribution >= 0.6 is 0 Å². The maximum Gasteiger partial charge on any atom is 0.0643 e. The van der Waals surface area contributed by atoms with Gasteiger partial charge in [-0.05, 0) is 81.5 Å². The third kappa shape index (κ3) is 5.91. The standard InChI is InChI=1S/C21H36O/c1-3-4-5-7-18-9-13-20(14-10-18)21-15-11-19(12-16-21)8-6-17-22-2/h5-8,18-21H,3-4,9-17H2,1-2H3/b7-5+,8-6+/t18-,19?,20-,21?. The second-order valence-corrected chi connectivity index (χ2v) is 7.45. The summed E-state index contributed by atoms with van der Waals surface area (Å²) in [6.45, 7) is 3.04. The Morgan fingerprint density at radius 2 is 1.27 bits per heavy atom. The van der Waals surface area contributed by atoms with Gasteiger partial charge < -0.3 is 4.74 Å². The fraction of sp³-hybridized carbons (Fsp3) is 0.810. The van der Waals surface area contributed by atoms with E-state index in [9.17, 15) is 0 Å². The number of hydrogen-bond acceptors (Lipinski definition) is 1. The van der Waals surface area contributed by atoms with Gasteiger partial charge >= 0.3 is 0 Å². The molecule has 0 aromatic heterocycles. The van der Waals surface area contributed by atoms with Crippen LogP contribution in [0.4, 0.5) is 0 Å². The molecule has 22 heavy (non-hydrogen) atoms. The minimum Gasteiger partial charge on any atom is -0.381 e. The van der Waals surface area contributed by atoms with E-state index in [0.717, 1.165) is 30.3 Å². The molecule has 0 spiro atoms. The molecule has 0 saturated heterocycles. The number of ether oxygens (including phenoxy) is 1. The highest BCUT2D eigenvalue weighted by Crippen LogP contribution is 2.41. The zero-order valence-electron chi connectivity index (χ0n) is 14.8. The van der Waals surface area contributed by atoms with Gasteiger partial charge in [0, 0.05) is 7.11 Å². The molecule has 2 aliphatic carbocycles. The van der Waals surface area contributed by atoms with E-state index in [1.807, 2.05) is 0 Å². The van der Waals surface area contributed by atoms with Crippen LogP contribution in [0, 0.1) is 23.7 Å². The second-order valence-electron chi connectivity index (χ2n) is 7.45. The van der Waals surface area contributed by atoms with Crippen LogP contribution in [0.15, 0.2) is 24.3 Å². The lowest BCUT2D eigenvalue weighted by Crippen LogP contribution is -2.25. The summed E-state index contributed by atoms with van der Waals surface area (Å²) >= 11 is 0. The smallest absolute Gasteiger partial charge is 0.0643 e. The largest absolute Gasteiger partial charge is 0.381 e. The van der Waals surface area contributed by atoms with Crippen molar-refractivity contribution in [1.29, 1.82) is 0 Å². The minimum atomic E-state index is 0.773. The molecule has 0 amide bonds. The first-order valence-electron chi connectivity index (χ1n) is 9.65. The summed E-state index contributed by atoms with van der Waals surface area (Å²) in [7, 11) is 1.77. The quantitative estimate of drug-likeness (QED) is 0.512. The van der Waals surface area contributed by atoms with E-state index in [1.54, 1.807) is 7.11 Å². The molecular formula is C21H36O. The Bertz CT molecular complexity index is 294. The fourth-order valence-electron chi connectivity index (χ4n) is 4.42. The lowest BCUT2D eigenvalue weighted by Gasteiger charge is -2.37. The van der Waals surface area contributed by atoms with Gasteiger partial charge in [0.25, 0.3) is 0 Å². The molecule has 1 heteroatoms. The van der Waals surface area contributed by atoms with Crippen molar-refractivity contribution in [2.75, 3.05) is 13.7 Å². The van der Waals surface area contributed by atoms with Gasteiger partial charge in [-0.15, -0.1) is 0 Å². The van der Waals surface area contributed by atoms with Crippen LogP contribution in [-0.4, -0.2) is 13.7 Å². The normalized spacial score (nSPS) is 33.7. The van der Waals surface area contributed by atoms with E-state index in [2.05, 4.69) is 31.2 Å². The molecule has 126 valence electrons. The molecule has 2 aliphatic rings. The number of allylic oxidation sites excluding steroid dienone is 3. The number of hydrogen-bond donors (Lipinski definition) is 0. The Kier molecular flexibility index (Phi) is 8.30. The van der Waals surface area contributed by atoms with Crippen LogP contribution in [0.5, 0.6) is 0 Å². The van der Waals surface area contributed by atoms with E-state index in [4.69, 9.17) is 4.74 Å². The van der Waals surface area contributed by atoms with Gasteiger partial charge in [-0.1, -0.05) is 37.6 Å². The average Bonchev–Trinajstić information content (AvgIpc) is 2.57. The molecule has 0 heterocycles. The lowest BCUT2D eigenvalue weighted by molar-refractivity contribution is 0.166. The Balaban J connectivity index is 1.66. The first-order valence-corrected chi connectivity index (χ1v) is 9.65. The Hall–Kier alpha value is -0.560. The van der Waals surface area contributed by atoms with Crippen molar-refractivity contribution >= 4 is 0 Å². The SMILES string of the molecule is CCC/C=C/[C@H]1CC[C@H](C2CCC(/C=C/COC)CC2)CC1. The van der Waals surface area contributed by atoms with E-state index < -0.39 is 0 Å². The zero-order valence-corrected chi connectivity index (χ0v) is 14.8. The van der Waals surface area contributed by atoms with Gasteiger partial charge in [-0.25, -0.2) is 0 Å². The van der Waals surface area contributed by atoms with Gasteiger partial charge in [0.2, 0.25) is 0 Å². The molecule has 0 radical (unpaired) electrons. The molecule has 2 rings (SSSR count). The molecule has 0 unspecified atom stereocenters. The number of methoxy groups -OCH3 is 1. The Labute approximate surface area is 138 Å². The second kappa shape index (κ2) is 10.3. The third-order valence-corrected chi connectivity index (χ3v) is 5.83. The Morgan fingerprint density at radius 1 is 0.773 bits per heavy atom. The Morgan fingerprint density at radius 3 is 1.73 bits per heavy atom. The minimum absolute atomic E-state index is 0.773. The summed E-state index contributed by atoms with van der Waals surface area (Å²) in [6.07, 6.45) is 23.7. The van der Waals surface area contributed by atoms with E-state index in [-0.39, 0.29) is 0 Å².